The summed E-state index contributed by atoms with van der Waals surface area (Å²) >= 11 is 0. The van der Waals surface area contributed by atoms with Crippen LogP contribution in [0, 0.1) is 11.6 Å². The molecule has 5 heteroatoms. The van der Waals surface area contributed by atoms with Crippen molar-refractivity contribution in [2.45, 2.75) is 6.04 Å². The maximum atomic E-state index is 13.6. The smallest absolute Gasteiger partial charge is 0.128 e. The Morgan fingerprint density at radius 3 is 2.71 bits per heavy atom. The van der Waals surface area contributed by atoms with Gasteiger partial charge in [-0.25, -0.2) is 8.78 Å². The van der Waals surface area contributed by atoms with Crippen LogP contribution in [0.1, 0.15) is 11.6 Å². The number of likely N-dealkylation sites (N-methyl/N-ethyl adjacent to an activating group) is 1. The fourth-order valence-electron chi connectivity index (χ4n) is 1.71. The molecular weight excluding hydrogens is 226 g/mol. The third kappa shape index (κ3) is 3.73. The molecule has 0 saturated heterocycles. The van der Waals surface area contributed by atoms with Gasteiger partial charge in [-0.1, -0.05) is 0 Å². The number of methoxy groups -OCH3 is 1. The Hall–Kier alpha value is -1.04. The summed E-state index contributed by atoms with van der Waals surface area (Å²) in [5, 5.41) is 0. The van der Waals surface area contributed by atoms with Crippen molar-refractivity contribution >= 4 is 0 Å². The van der Waals surface area contributed by atoms with Crippen molar-refractivity contribution in [2.75, 3.05) is 33.9 Å². The molecule has 0 aliphatic heterocycles. The highest BCUT2D eigenvalue weighted by Crippen LogP contribution is 2.22. The SMILES string of the molecule is COCCN(C)C(CN)c1cc(F)ccc1F. The number of hydrogen-bond acceptors (Lipinski definition) is 3. The van der Waals surface area contributed by atoms with Crippen LogP contribution in [0.25, 0.3) is 0 Å². The van der Waals surface area contributed by atoms with Crippen molar-refractivity contribution in [3.8, 4) is 0 Å². The van der Waals surface area contributed by atoms with Crippen LogP contribution < -0.4 is 5.73 Å². The van der Waals surface area contributed by atoms with Crippen LogP contribution in [0.2, 0.25) is 0 Å². The van der Waals surface area contributed by atoms with Gasteiger partial charge in [0.1, 0.15) is 11.6 Å². The van der Waals surface area contributed by atoms with E-state index in [1.807, 2.05) is 4.90 Å². The molecule has 1 aromatic carbocycles. The summed E-state index contributed by atoms with van der Waals surface area (Å²) in [4.78, 5) is 1.85. The summed E-state index contributed by atoms with van der Waals surface area (Å²) in [6.07, 6.45) is 0. The Labute approximate surface area is 100 Å². The van der Waals surface area contributed by atoms with E-state index in [0.29, 0.717) is 13.2 Å². The highest BCUT2D eigenvalue weighted by atomic mass is 19.1. The van der Waals surface area contributed by atoms with Gasteiger partial charge in [-0.05, 0) is 25.2 Å². The van der Waals surface area contributed by atoms with Crippen molar-refractivity contribution in [1.29, 1.82) is 0 Å². The quantitative estimate of drug-likeness (QED) is 0.825. The second kappa shape index (κ2) is 6.64. The molecule has 1 aromatic rings. The fraction of sp³-hybridized carbons (Fsp3) is 0.500. The summed E-state index contributed by atoms with van der Waals surface area (Å²) < 4.78 is 31.7. The first kappa shape index (κ1) is 14.0. The first-order valence-corrected chi connectivity index (χ1v) is 5.44. The van der Waals surface area contributed by atoms with E-state index in [4.69, 9.17) is 10.5 Å². The van der Waals surface area contributed by atoms with Crippen LogP contribution in [-0.4, -0.2) is 38.8 Å². The molecule has 0 spiro atoms. The first-order valence-electron chi connectivity index (χ1n) is 5.44. The lowest BCUT2D eigenvalue weighted by atomic mass is 10.0. The lowest BCUT2D eigenvalue weighted by Crippen LogP contribution is -2.33. The van der Waals surface area contributed by atoms with Gasteiger partial charge in [0, 0.05) is 31.8 Å². The van der Waals surface area contributed by atoms with Crippen LogP contribution >= 0.6 is 0 Å². The average molecular weight is 244 g/mol. The lowest BCUT2D eigenvalue weighted by molar-refractivity contribution is 0.139. The van der Waals surface area contributed by atoms with E-state index in [0.717, 1.165) is 12.1 Å². The lowest BCUT2D eigenvalue weighted by Gasteiger charge is -2.27. The van der Waals surface area contributed by atoms with Crippen molar-refractivity contribution < 1.29 is 13.5 Å². The molecule has 0 heterocycles. The maximum absolute atomic E-state index is 13.6. The molecule has 0 radical (unpaired) electrons. The molecule has 0 aromatic heterocycles. The molecule has 96 valence electrons. The van der Waals surface area contributed by atoms with Crippen molar-refractivity contribution in [1.82, 2.24) is 4.90 Å². The van der Waals surface area contributed by atoms with E-state index in [1.54, 1.807) is 14.2 Å². The number of rotatable bonds is 6. The number of nitrogens with zero attached hydrogens (tertiary/aromatic N) is 1. The largest absolute Gasteiger partial charge is 0.383 e. The molecule has 0 fully saturated rings. The second-order valence-corrected chi connectivity index (χ2v) is 3.89. The number of ether oxygens (including phenoxy) is 1. The van der Waals surface area contributed by atoms with Crippen LogP contribution in [0.3, 0.4) is 0 Å². The monoisotopic (exact) mass is 244 g/mol. The van der Waals surface area contributed by atoms with Gasteiger partial charge >= 0.3 is 0 Å². The third-order valence-corrected chi connectivity index (χ3v) is 2.72. The predicted molar refractivity (Wildman–Crippen MR) is 62.7 cm³/mol. The zero-order valence-electron chi connectivity index (χ0n) is 10.1. The molecular formula is C12H18F2N2O. The molecule has 1 atom stereocenters. The van der Waals surface area contributed by atoms with E-state index in [2.05, 4.69) is 0 Å². The minimum Gasteiger partial charge on any atom is -0.383 e. The predicted octanol–water partition coefficient (Wildman–Crippen LogP) is 1.54. The molecule has 0 bridgehead atoms. The van der Waals surface area contributed by atoms with Gasteiger partial charge < -0.3 is 10.5 Å². The molecule has 1 rings (SSSR count). The van der Waals surface area contributed by atoms with Crippen molar-refractivity contribution in [3.63, 3.8) is 0 Å². The third-order valence-electron chi connectivity index (χ3n) is 2.72. The number of benzene rings is 1. The van der Waals surface area contributed by atoms with E-state index in [-0.39, 0.29) is 18.2 Å². The summed E-state index contributed by atoms with van der Waals surface area (Å²) in [6.45, 7) is 1.35. The average Bonchev–Trinajstić information content (AvgIpc) is 2.32. The number of halogens is 2. The molecule has 3 nitrogen and oxygen atoms in total. The fourth-order valence-corrected chi connectivity index (χ4v) is 1.71. The van der Waals surface area contributed by atoms with E-state index < -0.39 is 11.6 Å². The maximum Gasteiger partial charge on any atom is 0.128 e. The highest BCUT2D eigenvalue weighted by Gasteiger charge is 2.19. The molecule has 17 heavy (non-hydrogen) atoms. The van der Waals surface area contributed by atoms with Gasteiger partial charge in [0.15, 0.2) is 0 Å². The van der Waals surface area contributed by atoms with Crippen molar-refractivity contribution in [2.24, 2.45) is 5.73 Å². The van der Waals surface area contributed by atoms with Crippen LogP contribution in [-0.2, 0) is 4.74 Å². The Bertz CT molecular complexity index is 360. The van der Waals surface area contributed by atoms with Gasteiger partial charge in [0.25, 0.3) is 0 Å². The van der Waals surface area contributed by atoms with Crippen LogP contribution in [0.15, 0.2) is 18.2 Å². The van der Waals surface area contributed by atoms with Gasteiger partial charge in [-0.3, -0.25) is 4.90 Å². The molecule has 0 amide bonds. The Balaban J connectivity index is 2.88. The van der Waals surface area contributed by atoms with Gasteiger partial charge in [0.2, 0.25) is 0 Å². The minimum atomic E-state index is -0.458. The zero-order chi connectivity index (χ0) is 12.8. The minimum absolute atomic E-state index is 0.223. The van der Waals surface area contributed by atoms with Gasteiger partial charge in [-0.2, -0.15) is 0 Å². The molecule has 0 aliphatic rings. The second-order valence-electron chi connectivity index (χ2n) is 3.89. The number of nitrogens with two attached hydrogens (primary N) is 1. The molecule has 0 saturated carbocycles. The first-order chi connectivity index (χ1) is 8.10. The highest BCUT2D eigenvalue weighted by molar-refractivity contribution is 5.22. The summed E-state index contributed by atoms with van der Waals surface area (Å²) in [6, 6.07) is 3.07. The van der Waals surface area contributed by atoms with Gasteiger partial charge in [-0.15, -0.1) is 0 Å². The Morgan fingerprint density at radius 1 is 1.41 bits per heavy atom. The van der Waals surface area contributed by atoms with Crippen molar-refractivity contribution in [3.05, 3.63) is 35.4 Å². The van der Waals surface area contributed by atoms with Crippen LogP contribution in [0.5, 0.6) is 0 Å². The van der Waals surface area contributed by atoms with E-state index in [9.17, 15) is 8.78 Å². The molecule has 1 unspecified atom stereocenters. The zero-order valence-corrected chi connectivity index (χ0v) is 10.1. The Morgan fingerprint density at radius 2 is 2.12 bits per heavy atom. The van der Waals surface area contributed by atoms with Crippen LogP contribution in [0.4, 0.5) is 8.78 Å². The topological polar surface area (TPSA) is 38.5 Å². The normalized spacial score (nSPS) is 13.1. The van der Waals surface area contributed by atoms with E-state index in [1.165, 1.54) is 6.07 Å². The summed E-state index contributed by atoms with van der Waals surface area (Å²) in [5.41, 5.74) is 5.91. The summed E-state index contributed by atoms with van der Waals surface area (Å²) in [5.74, 6) is -0.897. The van der Waals surface area contributed by atoms with E-state index >= 15 is 0 Å². The Kier molecular flexibility index (Phi) is 5.47. The summed E-state index contributed by atoms with van der Waals surface area (Å²) in [7, 11) is 3.40. The molecule has 0 aliphatic carbocycles. The molecule has 2 N–H and O–H groups in total. The van der Waals surface area contributed by atoms with Gasteiger partial charge in [0.05, 0.1) is 6.61 Å². The standard InChI is InChI=1S/C12H18F2N2O/c1-16(5-6-17-2)12(8-15)10-7-9(13)3-4-11(10)14/h3-4,7,12H,5-6,8,15H2,1-2H3. The number of hydrogen-bond donors (Lipinski definition) is 1.